The number of unbranched alkanes of at least 4 members (excludes halogenated alkanes) is 1. The molecule has 0 bridgehead atoms. The normalized spacial score (nSPS) is 10.3. The lowest BCUT2D eigenvalue weighted by Crippen LogP contribution is -1.99. The van der Waals surface area contributed by atoms with Crippen LogP contribution in [0.2, 0.25) is 0 Å². The number of phenols is 1. The maximum absolute atomic E-state index is 13.1. The molecule has 1 aromatic rings. The van der Waals surface area contributed by atoms with Crippen molar-refractivity contribution in [2.24, 2.45) is 5.73 Å². The Morgan fingerprint density at radius 3 is 2.73 bits per heavy atom. The smallest absolute Gasteiger partial charge is 0.163 e. The van der Waals surface area contributed by atoms with Gasteiger partial charge < -0.3 is 15.6 Å². The Hall–Kier alpha value is -1.29. The van der Waals surface area contributed by atoms with Crippen molar-refractivity contribution in [2.45, 2.75) is 19.3 Å². The van der Waals surface area contributed by atoms with Crippen LogP contribution >= 0.6 is 0 Å². The molecular weight excluding hydrogens is 197 g/mol. The number of ether oxygens (including phenoxy) is 1. The number of nitrogens with two attached hydrogens (primary N) is 1. The molecule has 0 aromatic heterocycles. The maximum Gasteiger partial charge on any atom is 0.163 e. The number of aryl methyl sites for hydroxylation is 1. The summed E-state index contributed by atoms with van der Waals surface area (Å²) in [6.45, 7) is 0.604. The number of hydrogen-bond acceptors (Lipinski definition) is 3. The Balaban J connectivity index is 2.81. The summed E-state index contributed by atoms with van der Waals surface area (Å²) in [5.41, 5.74) is 5.93. The molecule has 0 heterocycles. The summed E-state index contributed by atoms with van der Waals surface area (Å²) >= 11 is 0. The van der Waals surface area contributed by atoms with Gasteiger partial charge in [0.1, 0.15) is 5.82 Å². The highest BCUT2D eigenvalue weighted by Gasteiger charge is 2.10. The van der Waals surface area contributed by atoms with Crippen LogP contribution in [0.1, 0.15) is 18.4 Å². The van der Waals surface area contributed by atoms with E-state index in [1.54, 1.807) is 0 Å². The molecule has 0 saturated heterocycles. The number of benzene rings is 1. The van der Waals surface area contributed by atoms with E-state index in [0.717, 1.165) is 12.8 Å². The molecule has 0 atom stereocenters. The Morgan fingerprint density at radius 1 is 1.40 bits per heavy atom. The Morgan fingerprint density at radius 2 is 2.13 bits per heavy atom. The average molecular weight is 213 g/mol. The van der Waals surface area contributed by atoms with E-state index < -0.39 is 5.82 Å². The van der Waals surface area contributed by atoms with Gasteiger partial charge in [0.05, 0.1) is 7.11 Å². The van der Waals surface area contributed by atoms with Gasteiger partial charge in [-0.3, -0.25) is 0 Å². The molecule has 4 heteroatoms. The van der Waals surface area contributed by atoms with Gasteiger partial charge in [0.15, 0.2) is 11.5 Å². The fraction of sp³-hybridized carbons (Fsp3) is 0.455. The minimum atomic E-state index is -0.396. The number of aromatic hydroxyl groups is 1. The highest BCUT2D eigenvalue weighted by Crippen LogP contribution is 2.31. The monoisotopic (exact) mass is 213 g/mol. The van der Waals surface area contributed by atoms with Crippen LogP contribution in [0.25, 0.3) is 0 Å². The second kappa shape index (κ2) is 5.56. The van der Waals surface area contributed by atoms with Crippen LogP contribution in [0, 0.1) is 5.82 Å². The summed E-state index contributed by atoms with van der Waals surface area (Å²) in [6.07, 6.45) is 2.30. The number of phenolic OH excluding ortho intramolecular Hbond substituents is 1. The Labute approximate surface area is 88.7 Å². The third kappa shape index (κ3) is 3.09. The molecule has 3 N–H and O–H groups in total. The predicted molar refractivity (Wildman–Crippen MR) is 56.6 cm³/mol. The number of rotatable bonds is 5. The van der Waals surface area contributed by atoms with Gasteiger partial charge in [0.2, 0.25) is 0 Å². The maximum atomic E-state index is 13.1. The first-order valence-electron chi connectivity index (χ1n) is 4.94. The van der Waals surface area contributed by atoms with E-state index >= 15 is 0 Å². The summed E-state index contributed by atoms with van der Waals surface area (Å²) in [6, 6.07) is 2.50. The molecule has 0 saturated carbocycles. The third-order valence-corrected chi connectivity index (χ3v) is 2.24. The van der Waals surface area contributed by atoms with Gasteiger partial charge in [-0.2, -0.15) is 0 Å². The first kappa shape index (κ1) is 11.8. The van der Waals surface area contributed by atoms with Crippen molar-refractivity contribution in [3.05, 3.63) is 23.5 Å². The highest BCUT2D eigenvalue weighted by atomic mass is 19.1. The first-order valence-corrected chi connectivity index (χ1v) is 4.94. The van der Waals surface area contributed by atoms with E-state index in [-0.39, 0.29) is 11.5 Å². The van der Waals surface area contributed by atoms with E-state index in [4.69, 9.17) is 10.5 Å². The largest absolute Gasteiger partial charge is 0.504 e. The second-order valence-electron chi connectivity index (χ2n) is 3.36. The van der Waals surface area contributed by atoms with E-state index in [1.165, 1.54) is 19.2 Å². The minimum absolute atomic E-state index is 0.0240. The first-order chi connectivity index (χ1) is 7.19. The molecule has 0 aliphatic carbocycles. The van der Waals surface area contributed by atoms with Crippen LogP contribution in [0.4, 0.5) is 4.39 Å². The molecule has 0 aliphatic heterocycles. The molecule has 1 rings (SSSR count). The summed E-state index contributed by atoms with van der Waals surface area (Å²) in [5.74, 6) is -0.193. The zero-order chi connectivity index (χ0) is 11.3. The lowest BCUT2D eigenvalue weighted by atomic mass is 10.1. The van der Waals surface area contributed by atoms with Gasteiger partial charge in [-0.15, -0.1) is 0 Å². The number of hydrogen-bond donors (Lipinski definition) is 2. The van der Waals surface area contributed by atoms with Crippen LogP contribution in [0.3, 0.4) is 0 Å². The molecule has 0 fully saturated rings. The standard InChI is InChI=1S/C11H16FNO2/c1-15-10-7-9(12)6-8(11(10)14)4-2-3-5-13/h6-7,14H,2-5,13H2,1H3. The third-order valence-electron chi connectivity index (χ3n) is 2.24. The SMILES string of the molecule is COc1cc(F)cc(CCCCN)c1O. The Kier molecular flexibility index (Phi) is 4.37. The average Bonchev–Trinajstić information content (AvgIpc) is 2.23. The molecule has 0 aliphatic rings. The van der Waals surface area contributed by atoms with E-state index in [1.807, 2.05) is 0 Å². The highest BCUT2D eigenvalue weighted by molar-refractivity contribution is 5.45. The molecular formula is C11H16FNO2. The summed E-state index contributed by atoms with van der Waals surface area (Å²) < 4.78 is 17.9. The van der Waals surface area contributed by atoms with Gasteiger partial charge in [-0.1, -0.05) is 0 Å². The van der Waals surface area contributed by atoms with Crippen molar-refractivity contribution in [3.8, 4) is 11.5 Å². The molecule has 15 heavy (non-hydrogen) atoms. The van der Waals surface area contributed by atoms with Crippen LogP contribution in [0.5, 0.6) is 11.5 Å². The van der Waals surface area contributed by atoms with Crippen molar-refractivity contribution in [3.63, 3.8) is 0 Å². The molecule has 1 aromatic carbocycles. The molecule has 3 nitrogen and oxygen atoms in total. The fourth-order valence-corrected chi connectivity index (χ4v) is 1.43. The van der Waals surface area contributed by atoms with E-state index in [9.17, 15) is 9.50 Å². The zero-order valence-electron chi connectivity index (χ0n) is 8.79. The van der Waals surface area contributed by atoms with Gasteiger partial charge in [0, 0.05) is 11.6 Å². The van der Waals surface area contributed by atoms with Crippen molar-refractivity contribution >= 4 is 0 Å². The molecule has 0 spiro atoms. The Bertz CT molecular complexity index is 329. The molecule has 0 unspecified atom stereocenters. The van der Waals surface area contributed by atoms with Gasteiger partial charge >= 0.3 is 0 Å². The summed E-state index contributed by atoms with van der Waals surface area (Å²) in [4.78, 5) is 0. The van der Waals surface area contributed by atoms with E-state index in [2.05, 4.69) is 0 Å². The van der Waals surface area contributed by atoms with Gasteiger partial charge in [-0.05, 0) is 31.9 Å². The number of methoxy groups -OCH3 is 1. The minimum Gasteiger partial charge on any atom is -0.504 e. The number of halogens is 1. The van der Waals surface area contributed by atoms with Crippen LogP contribution in [-0.4, -0.2) is 18.8 Å². The lowest BCUT2D eigenvalue weighted by Gasteiger charge is -2.08. The van der Waals surface area contributed by atoms with E-state index in [0.29, 0.717) is 18.5 Å². The van der Waals surface area contributed by atoms with Crippen LogP contribution < -0.4 is 10.5 Å². The summed E-state index contributed by atoms with van der Waals surface area (Å²) in [7, 11) is 1.40. The van der Waals surface area contributed by atoms with Crippen LogP contribution in [0.15, 0.2) is 12.1 Å². The molecule has 0 amide bonds. The van der Waals surface area contributed by atoms with Crippen molar-refractivity contribution < 1.29 is 14.2 Å². The van der Waals surface area contributed by atoms with Gasteiger partial charge in [-0.25, -0.2) is 4.39 Å². The molecule has 84 valence electrons. The quantitative estimate of drug-likeness (QED) is 0.733. The van der Waals surface area contributed by atoms with Crippen LogP contribution in [-0.2, 0) is 6.42 Å². The lowest BCUT2D eigenvalue weighted by molar-refractivity contribution is 0.367. The van der Waals surface area contributed by atoms with Crippen molar-refractivity contribution in [1.29, 1.82) is 0 Å². The van der Waals surface area contributed by atoms with Crippen molar-refractivity contribution in [2.75, 3.05) is 13.7 Å². The second-order valence-corrected chi connectivity index (χ2v) is 3.36. The summed E-state index contributed by atoms with van der Waals surface area (Å²) in [5, 5.41) is 9.69. The van der Waals surface area contributed by atoms with Gasteiger partial charge in [0.25, 0.3) is 0 Å². The molecule has 0 radical (unpaired) electrons. The topological polar surface area (TPSA) is 55.5 Å². The predicted octanol–water partition coefficient (Wildman–Crippen LogP) is 1.82. The fourth-order valence-electron chi connectivity index (χ4n) is 1.43. The van der Waals surface area contributed by atoms with Crippen molar-refractivity contribution in [1.82, 2.24) is 0 Å². The zero-order valence-corrected chi connectivity index (χ0v) is 8.79.